The van der Waals surface area contributed by atoms with Gasteiger partial charge in [-0.1, -0.05) is 36.7 Å². The quantitative estimate of drug-likeness (QED) is 0.762. The highest BCUT2D eigenvalue weighted by atomic mass is 79.9. The van der Waals surface area contributed by atoms with Crippen LogP contribution < -0.4 is 10.1 Å². The number of para-hydroxylation sites is 1. The first-order chi connectivity index (χ1) is 9.65. The Morgan fingerprint density at radius 2 is 2.15 bits per heavy atom. The van der Waals surface area contributed by atoms with E-state index in [4.69, 9.17) is 16.3 Å². The number of hydrogen-bond donors (Lipinski definition) is 1. The molecular formula is C15H17BrClNOS. The molecule has 0 aliphatic carbocycles. The fraction of sp³-hybridized carbons (Fsp3) is 0.333. The first kappa shape index (κ1) is 15.8. The molecule has 5 heteroatoms. The van der Waals surface area contributed by atoms with Gasteiger partial charge in [-0.05, 0) is 46.6 Å². The lowest BCUT2D eigenvalue weighted by atomic mass is 10.0. The van der Waals surface area contributed by atoms with Crippen LogP contribution in [0.3, 0.4) is 0 Å². The molecule has 0 radical (unpaired) electrons. The molecule has 108 valence electrons. The Labute approximate surface area is 137 Å². The van der Waals surface area contributed by atoms with Crippen molar-refractivity contribution in [2.75, 3.05) is 13.7 Å². The number of methoxy groups -OCH3 is 1. The first-order valence-corrected chi connectivity index (χ1v) is 8.44. The molecule has 1 heterocycles. The molecule has 2 aromatic rings. The van der Waals surface area contributed by atoms with E-state index in [1.54, 1.807) is 18.4 Å². The standard InChI is InChI=1S/C15H17BrClNOS/c1-3-18-12(14-9-11(16)15(17)20-14)8-10-6-4-5-7-13(10)19-2/h4-7,9,12,18H,3,8H2,1-2H3. The fourth-order valence-corrected chi connectivity index (χ4v) is 3.96. The second kappa shape index (κ2) is 7.46. The van der Waals surface area contributed by atoms with E-state index in [1.807, 2.05) is 18.2 Å². The Bertz CT molecular complexity index is 553. The highest BCUT2D eigenvalue weighted by molar-refractivity contribution is 9.10. The number of hydrogen-bond acceptors (Lipinski definition) is 3. The van der Waals surface area contributed by atoms with Crippen molar-refractivity contribution in [1.82, 2.24) is 5.32 Å². The molecule has 1 atom stereocenters. The van der Waals surface area contributed by atoms with Crippen molar-refractivity contribution in [3.8, 4) is 5.75 Å². The lowest BCUT2D eigenvalue weighted by Crippen LogP contribution is -2.22. The summed E-state index contributed by atoms with van der Waals surface area (Å²) >= 11 is 11.2. The van der Waals surface area contributed by atoms with Crippen LogP contribution in [0.5, 0.6) is 5.75 Å². The molecule has 2 nitrogen and oxygen atoms in total. The molecule has 0 spiro atoms. The van der Waals surface area contributed by atoms with Gasteiger partial charge < -0.3 is 10.1 Å². The van der Waals surface area contributed by atoms with Gasteiger partial charge in [-0.15, -0.1) is 11.3 Å². The zero-order valence-corrected chi connectivity index (χ0v) is 14.6. The topological polar surface area (TPSA) is 21.3 Å². The predicted octanol–water partition coefficient (Wildman–Crippen LogP) is 5.07. The summed E-state index contributed by atoms with van der Waals surface area (Å²) in [6.07, 6.45) is 0.876. The zero-order chi connectivity index (χ0) is 14.5. The summed E-state index contributed by atoms with van der Waals surface area (Å²) < 4.78 is 7.18. The van der Waals surface area contributed by atoms with Gasteiger partial charge >= 0.3 is 0 Å². The Hall–Kier alpha value is -0.550. The van der Waals surface area contributed by atoms with E-state index in [0.29, 0.717) is 0 Å². The minimum atomic E-state index is 0.241. The van der Waals surface area contributed by atoms with Gasteiger partial charge in [0.25, 0.3) is 0 Å². The van der Waals surface area contributed by atoms with Crippen LogP contribution in [0.4, 0.5) is 0 Å². The summed E-state index contributed by atoms with van der Waals surface area (Å²) in [5.41, 5.74) is 1.20. The molecule has 1 unspecified atom stereocenters. The summed E-state index contributed by atoms with van der Waals surface area (Å²) in [5.74, 6) is 0.928. The van der Waals surface area contributed by atoms with Crippen LogP contribution in [0.2, 0.25) is 4.34 Å². The molecule has 0 saturated carbocycles. The highest BCUT2D eigenvalue weighted by Crippen LogP contribution is 2.37. The molecule has 0 saturated heterocycles. The lowest BCUT2D eigenvalue weighted by Gasteiger charge is -2.18. The number of likely N-dealkylation sites (N-methyl/N-ethyl adjacent to an activating group) is 1. The normalized spacial score (nSPS) is 12.4. The molecule has 1 aromatic heterocycles. The third-order valence-electron chi connectivity index (χ3n) is 3.07. The summed E-state index contributed by atoms with van der Waals surface area (Å²) in [4.78, 5) is 1.23. The summed E-state index contributed by atoms with van der Waals surface area (Å²) in [5, 5.41) is 3.51. The molecule has 0 aliphatic rings. The fourth-order valence-electron chi connectivity index (χ4n) is 2.15. The molecular weight excluding hydrogens is 358 g/mol. The van der Waals surface area contributed by atoms with E-state index >= 15 is 0 Å². The van der Waals surface area contributed by atoms with Crippen LogP contribution >= 0.6 is 38.9 Å². The van der Waals surface area contributed by atoms with Gasteiger partial charge in [0, 0.05) is 15.4 Å². The maximum absolute atomic E-state index is 6.15. The molecule has 0 aliphatic heterocycles. The molecule has 2 rings (SSSR count). The number of ether oxygens (including phenoxy) is 1. The second-order valence-electron chi connectivity index (χ2n) is 4.40. The Balaban J connectivity index is 2.25. The number of benzene rings is 1. The van der Waals surface area contributed by atoms with Crippen molar-refractivity contribution >= 4 is 38.9 Å². The van der Waals surface area contributed by atoms with Crippen LogP contribution in [0.1, 0.15) is 23.4 Å². The maximum atomic E-state index is 6.15. The lowest BCUT2D eigenvalue weighted by molar-refractivity contribution is 0.406. The van der Waals surface area contributed by atoms with Crippen molar-refractivity contribution in [3.05, 3.63) is 49.6 Å². The summed E-state index contributed by atoms with van der Waals surface area (Å²) in [7, 11) is 1.71. The Morgan fingerprint density at radius 1 is 1.40 bits per heavy atom. The van der Waals surface area contributed by atoms with Gasteiger partial charge in [-0.25, -0.2) is 0 Å². The van der Waals surface area contributed by atoms with Gasteiger partial charge in [0.2, 0.25) is 0 Å². The highest BCUT2D eigenvalue weighted by Gasteiger charge is 2.17. The number of nitrogens with one attached hydrogen (secondary N) is 1. The smallest absolute Gasteiger partial charge is 0.122 e. The van der Waals surface area contributed by atoms with Gasteiger partial charge in [-0.3, -0.25) is 0 Å². The first-order valence-electron chi connectivity index (χ1n) is 6.45. The average Bonchev–Trinajstić information content (AvgIpc) is 2.79. The van der Waals surface area contributed by atoms with E-state index in [0.717, 1.165) is 27.5 Å². The van der Waals surface area contributed by atoms with E-state index in [2.05, 4.69) is 40.3 Å². The van der Waals surface area contributed by atoms with Crippen LogP contribution in [-0.2, 0) is 6.42 Å². The Kier molecular flexibility index (Phi) is 5.90. The van der Waals surface area contributed by atoms with E-state index in [9.17, 15) is 0 Å². The zero-order valence-electron chi connectivity index (χ0n) is 11.5. The molecule has 1 aromatic carbocycles. The third-order valence-corrected chi connectivity index (χ3v) is 5.66. The Morgan fingerprint density at radius 3 is 2.75 bits per heavy atom. The molecule has 0 fully saturated rings. The van der Waals surface area contributed by atoms with Crippen molar-refractivity contribution < 1.29 is 4.74 Å². The van der Waals surface area contributed by atoms with E-state index < -0.39 is 0 Å². The average molecular weight is 375 g/mol. The van der Waals surface area contributed by atoms with E-state index in [1.165, 1.54) is 10.4 Å². The SMILES string of the molecule is CCNC(Cc1ccccc1OC)c1cc(Br)c(Cl)s1. The maximum Gasteiger partial charge on any atom is 0.122 e. The van der Waals surface area contributed by atoms with Crippen molar-refractivity contribution in [1.29, 1.82) is 0 Å². The monoisotopic (exact) mass is 373 g/mol. The summed E-state index contributed by atoms with van der Waals surface area (Å²) in [6, 6.07) is 10.5. The van der Waals surface area contributed by atoms with Gasteiger partial charge in [0.1, 0.15) is 10.1 Å². The van der Waals surface area contributed by atoms with Gasteiger partial charge in [0.15, 0.2) is 0 Å². The van der Waals surface area contributed by atoms with Gasteiger partial charge in [0.05, 0.1) is 7.11 Å². The molecule has 1 N–H and O–H groups in total. The largest absolute Gasteiger partial charge is 0.496 e. The van der Waals surface area contributed by atoms with Gasteiger partial charge in [-0.2, -0.15) is 0 Å². The van der Waals surface area contributed by atoms with E-state index in [-0.39, 0.29) is 6.04 Å². The van der Waals surface area contributed by atoms with Crippen LogP contribution in [0, 0.1) is 0 Å². The number of thiophene rings is 1. The van der Waals surface area contributed by atoms with Crippen molar-refractivity contribution in [2.45, 2.75) is 19.4 Å². The molecule has 0 amide bonds. The molecule has 0 bridgehead atoms. The third kappa shape index (κ3) is 3.76. The van der Waals surface area contributed by atoms with Crippen LogP contribution in [0.25, 0.3) is 0 Å². The predicted molar refractivity (Wildman–Crippen MR) is 90.1 cm³/mol. The van der Waals surface area contributed by atoms with Crippen molar-refractivity contribution in [2.24, 2.45) is 0 Å². The van der Waals surface area contributed by atoms with Crippen molar-refractivity contribution in [3.63, 3.8) is 0 Å². The minimum absolute atomic E-state index is 0.241. The number of rotatable bonds is 6. The summed E-state index contributed by atoms with van der Waals surface area (Å²) in [6.45, 7) is 3.02. The second-order valence-corrected chi connectivity index (χ2v) is 6.94. The van der Waals surface area contributed by atoms with Crippen LogP contribution in [0.15, 0.2) is 34.8 Å². The minimum Gasteiger partial charge on any atom is -0.496 e. The van der Waals surface area contributed by atoms with Crippen LogP contribution in [-0.4, -0.2) is 13.7 Å². The number of halogens is 2. The molecule has 20 heavy (non-hydrogen) atoms.